The first-order valence-corrected chi connectivity index (χ1v) is 18.7. The zero-order chi connectivity index (χ0) is 35.7. The number of benzene rings is 2. The normalized spacial score (nSPS) is 17.1. The lowest BCUT2D eigenvalue weighted by atomic mass is 9.96. The maximum atomic E-state index is 13.0. The summed E-state index contributed by atoms with van der Waals surface area (Å²) in [7, 11) is 0. The van der Waals surface area contributed by atoms with Crippen molar-refractivity contribution < 1.29 is 14.3 Å². The van der Waals surface area contributed by atoms with Crippen LogP contribution >= 0.6 is 0 Å². The molecule has 11 heteroatoms. The molecule has 0 radical (unpaired) electrons. The number of aromatic nitrogens is 3. The molecule has 2 aliphatic heterocycles. The number of amides is 2. The minimum atomic E-state index is -0.165. The number of anilines is 1. The van der Waals surface area contributed by atoms with Crippen molar-refractivity contribution in [2.24, 2.45) is 0 Å². The Morgan fingerprint density at radius 1 is 1.00 bits per heavy atom. The molecule has 272 valence electrons. The highest BCUT2D eigenvalue weighted by Gasteiger charge is 2.22. The van der Waals surface area contributed by atoms with Crippen molar-refractivity contribution in [2.45, 2.75) is 98.1 Å². The van der Waals surface area contributed by atoms with Crippen LogP contribution in [0.5, 0.6) is 0 Å². The van der Waals surface area contributed by atoms with Crippen molar-refractivity contribution in [3.8, 4) is 11.1 Å². The Balaban J connectivity index is 1.04. The molecule has 2 aliphatic rings. The third-order valence-corrected chi connectivity index (χ3v) is 10.1. The maximum absolute atomic E-state index is 13.0. The highest BCUT2D eigenvalue weighted by molar-refractivity contribution is 5.92. The number of piperazine rings is 1. The summed E-state index contributed by atoms with van der Waals surface area (Å²) in [5.74, 6) is -0.313. The predicted molar refractivity (Wildman–Crippen MR) is 202 cm³/mol. The van der Waals surface area contributed by atoms with Crippen LogP contribution in [0, 0.1) is 6.92 Å². The van der Waals surface area contributed by atoms with Crippen molar-refractivity contribution in [2.75, 3.05) is 38.2 Å². The molecule has 11 nitrogen and oxygen atoms in total. The molecule has 51 heavy (non-hydrogen) atoms. The summed E-state index contributed by atoms with van der Waals surface area (Å²) < 4.78 is 7.50. The highest BCUT2D eigenvalue weighted by Crippen LogP contribution is 2.31. The molecule has 4 N–H and O–H groups in total. The number of fused-ring (bicyclic) bond motifs is 1. The Bertz CT molecular complexity index is 1810. The zero-order valence-corrected chi connectivity index (χ0v) is 30.7. The van der Waals surface area contributed by atoms with E-state index in [2.05, 4.69) is 101 Å². The molecule has 0 spiro atoms. The van der Waals surface area contributed by atoms with Gasteiger partial charge in [0.15, 0.2) is 5.65 Å². The summed E-state index contributed by atoms with van der Waals surface area (Å²) in [5, 5.41) is 18.9. The fourth-order valence-electron chi connectivity index (χ4n) is 7.23. The van der Waals surface area contributed by atoms with E-state index >= 15 is 0 Å². The number of nitrogens with zero attached hydrogens (tertiary/aromatic N) is 4. The first kappa shape index (κ1) is 36.5. The molecule has 2 amide bonds. The second-order valence-corrected chi connectivity index (χ2v) is 14.0. The van der Waals surface area contributed by atoms with Crippen molar-refractivity contribution >= 4 is 28.5 Å². The van der Waals surface area contributed by atoms with Gasteiger partial charge in [0, 0.05) is 95.2 Å². The average molecular weight is 695 g/mol. The number of aryl methyl sites for hydroxylation is 3. The van der Waals surface area contributed by atoms with Gasteiger partial charge < -0.3 is 26.0 Å². The number of carbonyl (C=O) groups excluding carboxylic acids is 2. The van der Waals surface area contributed by atoms with Crippen molar-refractivity contribution in [1.29, 1.82) is 0 Å². The number of nitrogens with one attached hydrogen (secondary N) is 4. The predicted octanol–water partition coefficient (Wildman–Crippen LogP) is 5.09. The van der Waals surface area contributed by atoms with Crippen LogP contribution in [0.25, 0.3) is 22.2 Å². The summed E-state index contributed by atoms with van der Waals surface area (Å²) in [5.41, 5.74) is 9.63. The van der Waals surface area contributed by atoms with Gasteiger partial charge in [-0.1, -0.05) is 37.3 Å². The van der Waals surface area contributed by atoms with E-state index in [-0.39, 0.29) is 30.7 Å². The summed E-state index contributed by atoms with van der Waals surface area (Å²) in [6.45, 7) is 15.5. The number of carbonyl (C=O) groups is 2. The third kappa shape index (κ3) is 9.32. The largest absolute Gasteiger partial charge is 0.381 e. The van der Waals surface area contributed by atoms with Gasteiger partial charge in [-0.05, 0) is 80.0 Å². The lowest BCUT2D eigenvalue weighted by molar-refractivity contribution is -0.126. The third-order valence-electron chi connectivity index (χ3n) is 10.1. The van der Waals surface area contributed by atoms with Gasteiger partial charge in [0.2, 0.25) is 11.8 Å². The van der Waals surface area contributed by atoms with Crippen molar-refractivity contribution in [3.63, 3.8) is 0 Å². The molecule has 2 aromatic heterocycles. The minimum absolute atomic E-state index is 0.108. The number of rotatable bonds is 14. The van der Waals surface area contributed by atoms with E-state index < -0.39 is 0 Å². The van der Waals surface area contributed by atoms with Crippen LogP contribution in [-0.4, -0.2) is 76.4 Å². The lowest BCUT2D eigenvalue weighted by Gasteiger charge is -2.31. The Morgan fingerprint density at radius 2 is 1.78 bits per heavy atom. The standard InChI is InChI=1S/C40H54N8O3/c1-5-36-34(39(45-32-14-18-51-19-15-32)35-24-44-48(6-2)40(35)46-36)23-43-38(50)13-12-37(49)42-22-29-11-10-27(3)33(21-29)31-9-7-8-30(20-31)26-47-17-16-41-28(4)25-47/h7-11,20-21,24,28,32,41H,5-6,12-19,22-23,25-26H2,1-4H3,(H,42,49)(H,43,50)(H,45,46)/t28-/m1/s1. The molecule has 0 saturated carbocycles. The topological polar surface area (TPSA) is 125 Å². The molecule has 2 saturated heterocycles. The number of pyridine rings is 1. The van der Waals surface area contributed by atoms with E-state index in [0.717, 1.165) is 98.7 Å². The van der Waals surface area contributed by atoms with Gasteiger partial charge in [-0.3, -0.25) is 14.5 Å². The van der Waals surface area contributed by atoms with Gasteiger partial charge in [0.05, 0.1) is 17.3 Å². The van der Waals surface area contributed by atoms with E-state index in [1.54, 1.807) is 0 Å². The van der Waals surface area contributed by atoms with Gasteiger partial charge in [-0.2, -0.15) is 5.10 Å². The Hall–Kier alpha value is -4.32. The fourth-order valence-corrected chi connectivity index (χ4v) is 7.23. The monoisotopic (exact) mass is 694 g/mol. The van der Waals surface area contributed by atoms with Crippen LogP contribution in [0.2, 0.25) is 0 Å². The summed E-state index contributed by atoms with van der Waals surface area (Å²) in [4.78, 5) is 33.4. The molecule has 6 rings (SSSR count). The fraction of sp³-hybridized carbons (Fsp3) is 0.500. The van der Waals surface area contributed by atoms with Gasteiger partial charge in [0.25, 0.3) is 0 Å². The van der Waals surface area contributed by atoms with Crippen molar-refractivity contribution in [1.82, 2.24) is 35.6 Å². The Labute approximate surface area is 301 Å². The van der Waals surface area contributed by atoms with Crippen LogP contribution in [0.1, 0.15) is 74.4 Å². The van der Waals surface area contributed by atoms with E-state index in [1.165, 1.54) is 22.3 Å². The summed E-state index contributed by atoms with van der Waals surface area (Å²) in [6.07, 6.45) is 4.65. The van der Waals surface area contributed by atoms with Gasteiger partial charge in [-0.15, -0.1) is 0 Å². The van der Waals surface area contributed by atoms with Crippen molar-refractivity contribution in [3.05, 3.63) is 76.6 Å². The van der Waals surface area contributed by atoms with E-state index in [0.29, 0.717) is 19.1 Å². The lowest BCUT2D eigenvalue weighted by Crippen LogP contribution is -2.48. The molecule has 0 aliphatic carbocycles. The van der Waals surface area contributed by atoms with Crippen LogP contribution in [0.3, 0.4) is 0 Å². The summed E-state index contributed by atoms with van der Waals surface area (Å²) in [6, 6.07) is 15.9. The van der Waals surface area contributed by atoms with Gasteiger partial charge in [0.1, 0.15) is 0 Å². The van der Waals surface area contributed by atoms with E-state index in [4.69, 9.17) is 9.72 Å². The molecule has 0 unspecified atom stereocenters. The average Bonchev–Trinajstić information content (AvgIpc) is 3.56. The second kappa shape index (κ2) is 17.3. The van der Waals surface area contributed by atoms with Crippen LogP contribution in [0.4, 0.5) is 5.69 Å². The van der Waals surface area contributed by atoms with Crippen LogP contribution < -0.4 is 21.3 Å². The number of hydrogen-bond acceptors (Lipinski definition) is 8. The molecule has 1 atom stereocenters. The minimum Gasteiger partial charge on any atom is -0.381 e. The summed E-state index contributed by atoms with van der Waals surface area (Å²) >= 11 is 0. The second-order valence-electron chi connectivity index (χ2n) is 14.0. The number of hydrogen-bond donors (Lipinski definition) is 4. The molecular weight excluding hydrogens is 640 g/mol. The maximum Gasteiger partial charge on any atom is 0.220 e. The molecule has 4 heterocycles. The SMILES string of the molecule is CCc1nc2c(cnn2CC)c(NC2CCOCC2)c1CNC(=O)CCC(=O)NCc1ccc(C)c(-c2cccc(CN3CCN[C@H](C)C3)c2)c1. The van der Waals surface area contributed by atoms with Crippen LogP contribution in [-0.2, 0) is 46.9 Å². The smallest absolute Gasteiger partial charge is 0.220 e. The Morgan fingerprint density at radius 3 is 2.53 bits per heavy atom. The van der Waals surface area contributed by atoms with Crippen LogP contribution in [0.15, 0.2) is 48.7 Å². The first-order chi connectivity index (χ1) is 24.8. The molecule has 4 aromatic rings. The highest BCUT2D eigenvalue weighted by atomic mass is 16.5. The van der Waals surface area contributed by atoms with E-state index in [9.17, 15) is 9.59 Å². The molecule has 2 aromatic carbocycles. The Kier molecular flexibility index (Phi) is 12.3. The zero-order valence-electron chi connectivity index (χ0n) is 30.7. The number of ether oxygens (including phenoxy) is 1. The molecule has 0 bridgehead atoms. The quantitative estimate of drug-likeness (QED) is 0.144. The first-order valence-electron chi connectivity index (χ1n) is 18.7. The van der Waals surface area contributed by atoms with Gasteiger partial charge >= 0.3 is 0 Å². The van der Waals surface area contributed by atoms with E-state index in [1.807, 2.05) is 10.9 Å². The molecular formula is C40H54N8O3. The molecule has 2 fully saturated rings. The van der Waals surface area contributed by atoms with Gasteiger partial charge in [-0.25, -0.2) is 9.67 Å².